The van der Waals surface area contributed by atoms with Crippen molar-refractivity contribution in [2.45, 2.75) is 37.3 Å². The number of nitrogens with two attached hydrogens (primary N) is 1. The Morgan fingerprint density at radius 2 is 2.06 bits per heavy atom. The Balaban J connectivity index is 2.57. The van der Waals surface area contributed by atoms with Crippen molar-refractivity contribution >= 4 is 11.9 Å². The van der Waals surface area contributed by atoms with Crippen LogP contribution < -0.4 is 11.1 Å². The Bertz CT molecular complexity index is 274. The van der Waals surface area contributed by atoms with Gasteiger partial charge in [-0.2, -0.15) is 0 Å². The van der Waals surface area contributed by atoms with Gasteiger partial charge in [-0.15, -0.1) is 0 Å². The van der Waals surface area contributed by atoms with Gasteiger partial charge in [0.2, 0.25) is 5.91 Å². The lowest BCUT2D eigenvalue weighted by molar-refractivity contribution is -0.144. The highest BCUT2D eigenvalue weighted by atomic mass is 16.5. The Morgan fingerprint density at radius 3 is 2.50 bits per heavy atom. The van der Waals surface area contributed by atoms with Crippen molar-refractivity contribution in [3.8, 4) is 0 Å². The first-order chi connectivity index (χ1) is 7.49. The number of aliphatic carboxylic acids is 1. The highest BCUT2D eigenvalue weighted by molar-refractivity contribution is 5.90. The SMILES string of the molecule is COCC(NC(=O)C1(N)CCCC1)C(=O)O. The van der Waals surface area contributed by atoms with Gasteiger partial charge in [-0.3, -0.25) is 4.79 Å². The maximum Gasteiger partial charge on any atom is 0.328 e. The molecule has 1 rings (SSSR count). The van der Waals surface area contributed by atoms with Crippen LogP contribution >= 0.6 is 0 Å². The van der Waals surface area contributed by atoms with E-state index in [-0.39, 0.29) is 6.61 Å². The molecule has 0 heterocycles. The zero-order chi connectivity index (χ0) is 12.2. The second-order valence-corrected chi connectivity index (χ2v) is 4.18. The maximum atomic E-state index is 11.8. The molecular weight excluding hydrogens is 212 g/mol. The van der Waals surface area contributed by atoms with Crippen LogP contribution in [0.3, 0.4) is 0 Å². The molecule has 1 unspecified atom stereocenters. The van der Waals surface area contributed by atoms with Crippen molar-refractivity contribution in [3.05, 3.63) is 0 Å². The second kappa shape index (κ2) is 5.27. The van der Waals surface area contributed by atoms with Crippen molar-refractivity contribution in [1.82, 2.24) is 5.32 Å². The molecular formula is C10H18N2O4. The van der Waals surface area contributed by atoms with Crippen LogP contribution in [0, 0.1) is 0 Å². The van der Waals surface area contributed by atoms with Crippen LogP contribution in [0.5, 0.6) is 0 Å². The Hall–Kier alpha value is -1.14. The molecule has 0 aliphatic heterocycles. The van der Waals surface area contributed by atoms with Crippen molar-refractivity contribution in [1.29, 1.82) is 0 Å². The van der Waals surface area contributed by atoms with Gasteiger partial charge in [-0.05, 0) is 12.8 Å². The molecule has 16 heavy (non-hydrogen) atoms. The lowest BCUT2D eigenvalue weighted by Gasteiger charge is -2.24. The third-order valence-electron chi connectivity index (χ3n) is 2.88. The van der Waals surface area contributed by atoms with E-state index in [1.165, 1.54) is 7.11 Å². The smallest absolute Gasteiger partial charge is 0.328 e. The van der Waals surface area contributed by atoms with Gasteiger partial charge >= 0.3 is 5.97 Å². The summed E-state index contributed by atoms with van der Waals surface area (Å²) in [6, 6.07) is -1.03. The van der Waals surface area contributed by atoms with Crippen LogP contribution in [0.4, 0.5) is 0 Å². The van der Waals surface area contributed by atoms with Gasteiger partial charge in [0.15, 0.2) is 6.04 Å². The third-order valence-corrected chi connectivity index (χ3v) is 2.88. The molecule has 6 heteroatoms. The fourth-order valence-electron chi connectivity index (χ4n) is 1.88. The van der Waals surface area contributed by atoms with Crippen molar-refractivity contribution in [3.63, 3.8) is 0 Å². The molecule has 0 aromatic rings. The van der Waals surface area contributed by atoms with Crippen LogP contribution in [-0.4, -0.2) is 42.3 Å². The van der Waals surface area contributed by atoms with Crippen LogP contribution in [0.1, 0.15) is 25.7 Å². The zero-order valence-corrected chi connectivity index (χ0v) is 9.36. The minimum absolute atomic E-state index is 0.0584. The maximum absolute atomic E-state index is 11.8. The molecule has 1 atom stereocenters. The molecule has 0 aromatic heterocycles. The number of carboxylic acid groups (broad SMARTS) is 1. The fraction of sp³-hybridized carbons (Fsp3) is 0.800. The van der Waals surface area contributed by atoms with E-state index in [2.05, 4.69) is 5.32 Å². The summed E-state index contributed by atoms with van der Waals surface area (Å²) in [5, 5.41) is 11.3. The number of carbonyl (C=O) groups is 2. The molecule has 0 aromatic carbocycles. The monoisotopic (exact) mass is 230 g/mol. The van der Waals surface area contributed by atoms with Gasteiger partial charge in [0, 0.05) is 7.11 Å². The Labute approximate surface area is 94.1 Å². The number of amides is 1. The van der Waals surface area contributed by atoms with Crippen molar-refractivity contribution < 1.29 is 19.4 Å². The zero-order valence-electron chi connectivity index (χ0n) is 9.36. The summed E-state index contributed by atoms with van der Waals surface area (Å²) in [7, 11) is 1.38. The number of carboxylic acids is 1. The summed E-state index contributed by atoms with van der Waals surface area (Å²) in [6.45, 7) is -0.0584. The van der Waals surface area contributed by atoms with Gasteiger partial charge in [-0.1, -0.05) is 12.8 Å². The first kappa shape index (κ1) is 12.9. The number of carbonyl (C=O) groups excluding carboxylic acids is 1. The summed E-state index contributed by atoms with van der Waals surface area (Å²) < 4.78 is 4.73. The number of rotatable bonds is 5. The first-order valence-electron chi connectivity index (χ1n) is 5.31. The van der Waals surface area contributed by atoms with E-state index in [1.807, 2.05) is 0 Å². The van der Waals surface area contributed by atoms with Crippen LogP contribution in [0.2, 0.25) is 0 Å². The molecule has 1 amide bonds. The number of ether oxygens (including phenoxy) is 1. The minimum Gasteiger partial charge on any atom is -0.480 e. The van der Waals surface area contributed by atoms with Crippen LogP contribution in [0.15, 0.2) is 0 Å². The van der Waals surface area contributed by atoms with Crippen LogP contribution in [-0.2, 0) is 14.3 Å². The molecule has 1 saturated carbocycles. The average Bonchev–Trinajstić information content (AvgIpc) is 2.65. The first-order valence-corrected chi connectivity index (χ1v) is 5.31. The van der Waals surface area contributed by atoms with Crippen molar-refractivity contribution in [2.24, 2.45) is 5.73 Å². The Morgan fingerprint density at radius 1 is 1.50 bits per heavy atom. The Kier molecular flexibility index (Phi) is 4.26. The molecule has 4 N–H and O–H groups in total. The average molecular weight is 230 g/mol. The third kappa shape index (κ3) is 2.93. The number of methoxy groups -OCH3 is 1. The predicted octanol–water partition coefficient (Wildman–Crippen LogP) is -0.526. The van der Waals surface area contributed by atoms with Crippen LogP contribution in [0.25, 0.3) is 0 Å². The minimum atomic E-state index is -1.11. The van der Waals surface area contributed by atoms with Gasteiger partial charge in [-0.25, -0.2) is 4.79 Å². The van der Waals surface area contributed by atoms with E-state index in [0.717, 1.165) is 12.8 Å². The standard InChI is InChI=1S/C10H18N2O4/c1-16-6-7(8(13)14)12-9(15)10(11)4-2-3-5-10/h7H,2-6,11H2,1H3,(H,12,15)(H,13,14). The number of hydrogen-bond acceptors (Lipinski definition) is 4. The molecule has 92 valence electrons. The van der Waals surface area contributed by atoms with Gasteiger partial charge in [0.05, 0.1) is 12.1 Å². The van der Waals surface area contributed by atoms with Gasteiger partial charge in [0.25, 0.3) is 0 Å². The fourth-order valence-corrected chi connectivity index (χ4v) is 1.88. The summed E-state index contributed by atoms with van der Waals surface area (Å²) in [4.78, 5) is 22.6. The van der Waals surface area contributed by atoms with E-state index in [4.69, 9.17) is 15.6 Å². The topological polar surface area (TPSA) is 102 Å². The van der Waals surface area contributed by atoms with E-state index in [0.29, 0.717) is 12.8 Å². The molecule has 0 spiro atoms. The van der Waals surface area contributed by atoms with Crippen molar-refractivity contribution in [2.75, 3.05) is 13.7 Å². The summed E-state index contributed by atoms with van der Waals surface area (Å²) in [5.74, 6) is -1.51. The lowest BCUT2D eigenvalue weighted by atomic mass is 9.98. The largest absolute Gasteiger partial charge is 0.480 e. The molecule has 1 aliphatic rings. The van der Waals surface area contributed by atoms with Gasteiger partial charge < -0.3 is 20.9 Å². The molecule has 0 radical (unpaired) electrons. The molecule has 6 nitrogen and oxygen atoms in total. The summed E-state index contributed by atoms with van der Waals surface area (Å²) in [6.07, 6.45) is 3.04. The van der Waals surface area contributed by atoms with Gasteiger partial charge in [0.1, 0.15) is 0 Å². The van der Waals surface area contributed by atoms with E-state index in [9.17, 15) is 9.59 Å². The van der Waals surface area contributed by atoms with E-state index in [1.54, 1.807) is 0 Å². The van der Waals surface area contributed by atoms with E-state index < -0.39 is 23.5 Å². The quantitative estimate of drug-likeness (QED) is 0.589. The predicted molar refractivity (Wildman–Crippen MR) is 56.8 cm³/mol. The normalized spacial score (nSPS) is 20.4. The lowest BCUT2D eigenvalue weighted by Crippen LogP contribution is -2.56. The molecule has 0 bridgehead atoms. The van der Waals surface area contributed by atoms with E-state index >= 15 is 0 Å². The summed E-state index contributed by atoms with van der Waals surface area (Å²) >= 11 is 0. The number of hydrogen-bond donors (Lipinski definition) is 3. The molecule has 1 fully saturated rings. The highest BCUT2D eigenvalue weighted by Crippen LogP contribution is 2.27. The summed E-state index contributed by atoms with van der Waals surface area (Å²) in [5.41, 5.74) is 5.00. The highest BCUT2D eigenvalue weighted by Gasteiger charge is 2.38. The number of nitrogens with one attached hydrogen (secondary N) is 1. The second-order valence-electron chi connectivity index (χ2n) is 4.18. The molecule has 1 aliphatic carbocycles. The molecule has 0 saturated heterocycles.